The zero-order valence-electron chi connectivity index (χ0n) is 13.9. The van der Waals surface area contributed by atoms with Gasteiger partial charge in [-0.2, -0.15) is 0 Å². The van der Waals surface area contributed by atoms with Crippen LogP contribution in [0.3, 0.4) is 0 Å². The fourth-order valence-electron chi connectivity index (χ4n) is 3.67. The highest BCUT2D eigenvalue weighted by Gasteiger charge is 2.23. The van der Waals surface area contributed by atoms with E-state index in [1.807, 2.05) is 29.2 Å². The van der Waals surface area contributed by atoms with Gasteiger partial charge in [-0.15, -0.1) is 0 Å². The van der Waals surface area contributed by atoms with Crippen molar-refractivity contribution in [2.45, 2.75) is 32.2 Å². The molecule has 0 bridgehead atoms. The zero-order valence-corrected chi connectivity index (χ0v) is 13.9. The molecule has 0 saturated carbocycles. The molecule has 1 aromatic carbocycles. The number of anilines is 1. The van der Waals surface area contributed by atoms with Gasteiger partial charge in [-0.3, -0.25) is 4.79 Å². The third kappa shape index (κ3) is 3.01. The Morgan fingerprint density at radius 2 is 1.67 bits per heavy atom. The number of piperidine rings is 1. The van der Waals surface area contributed by atoms with Crippen LogP contribution < -0.4 is 4.90 Å². The molecular formula is C20H23N3O. The van der Waals surface area contributed by atoms with Gasteiger partial charge in [-0.25, -0.2) is 4.98 Å². The van der Waals surface area contributed by atoms with E-state index >= 15 is 0 Å². The van der Waals surface area contributed by atoms with Gasteiger partial charge in [0.2, 0.25) is 0 Å². The van der Waals surface area contributed by atoms with Crippen molar-refractivity contribution >= 4 is 11.7 Å². The summed E-state index contributed by atoms with van der Waals surface area (Å²) in [6.07, 6.45) is 4.64. The van der Waals surface area contributed by atoms with Gasteiger partial charge in [-0.05, 0) is 48.9 Å². The summed E-state index contributed by atoms with van der Waals surface area (Å²) in [7, 11) is 0. The number of carbonyl (C=O) groups excluding carboxylic acids is 1. The SMILES string of the molecule is O=C(c1cccc(N2CCCCC2)n1)N1CCc2ccccc2C1. The maximum Gasteiger partial charge on any atom is 0.272 e. The fourth-order valence-corrected chi connectivity index (χ4v) is 3.67. The van der Waals surface area contributed by atoms with Gasteiger partial charge in [0.05, 0.1) is 0 Å². The van der Waals surface area contributed by atoms with Crippen molar-refractivity contribution in [3.63, 3.8) is 0 Å². The predicted molar refractivity (Wildman–Crippen MR) is 95.2 cm³/mol. The van der Waals surface area contributed by atoms with Crippen LogP contribution in [0.2, 0.25) is 0 Å². The van der Waals surface area contributed by atoms with Gasteiger partial charge in [0.25, 0.3) is 5.91 Å². The number of rotatable bonds is 2. The third-order valence-electron chi connectivity index (χ3n) is 5.05. The second kappa shape index (κ2) is 6.63. The number of fused-ring (bicyclic) bond motifs is 1. The number of amides is 1. The van der Waals surface area contributed by atoms with Crippen LogP contribution in [0.4, 0.5) is 5.82 Å². The van der Waals surface area contributed by atoms with Gasteiger partial charge in [-0.1, -0.05) is 30.3 Å². The summed E-state index contributed by atoms with van der Waals surface area (Å²) in [6.45, 7) is 3.54. The van der Waals surface area contributed by atoms with Crippen molar-refractivity contribution < 1.29 is 4.79 Å². The molecule has 0 atom stereocenters. The lowest BCUT2D eigenvalue weighted by Gasteiger charge is -2.30. The Bertz CT molecular complexity index is 737. The lowest BCUT2D eigenvalue weighted by Crippen LogP contribution is -2.37. The molecule has 0 N–H and O–H groups in total. The zero-order chi connectivity index (χ0) is 16.4. The smallest absolute Gasteiger partial charge is 0.272 e. The molecule has 1 amide bonds. The lowest BCUT2D eigenvalue weighted by molar-refractivity contribution is 0.0729. The Kier molecular flexibility index (Phi) is 4.20. The molecule has 0 aliphatic carbocycles. The first kappa shape index (κ1) is 15.2. The minimum atomic E-state index is 0.0448. The molecule has 2 aromatic rings. The number of benzene rings is 1. The molecule has 3 heterocycles. The van der Waals surface area contributed by atoms with E-state index in [-0.39, 0.29) is 5.91 Å². The van der Waals surface area contributed by atoms with E-state index in [1.165, 1.54) is 30.4 Å². The standard InChI is InChI=1S/C20H23N3O/c24-20(23-14-11-16-7-2-3-8-17(16)15-23)18-9-6-10-19(21-18)22-12-4-1-5-13-22/h2-3,6-10H,1,4-5,11-15H2. The third-order valence-corrected chi connectivity index (χ3v) is 5.05. The number of aromatic nitrogens is 1. The molecule has 4 heteroatoms. The number of hydrogen-bond donors (Lipinski definition) is 0. The fraction of sp³-hybridized carbons (Fsp3) is 0.400. The topological polar surface area (TPSA) is 36.4 Å². The summed E-state index contributed by atoms with van der Waals surface area (Å²) in [5.41, 5.74) is 3.18. The van der Waals surface area contributed by atoms with E-state index in [2.05, 4.69) is 28.1 Å². The quantitative estimate of drug-likeness (QED) is 0.852. The molecule has 124 valence electrons. The number of nitrogens with zero attached hydrogens (tertiary/aromatic N) is 3. The summed E-state index contributed by atoms with van der Waals surface area (Å²) in [5.74, 6) is 0.987. The Hall–Kier alpha value is -2.36. The minimum Gasteiger partial charge on any atom is -0.357 e. The summed E-state index contributed by atoms with van der Waals surface area (Å²) >= 11 is 0. The van der Waals surface area contributed by atoms with E-state index in [9.17, 15) is 4.79 Å². The first-order valence-corrected chi connectivity index (χ1v) is 8.89. The molecule has 2 aliphatic heterocycles. The largest absolute Gasteiger partial charge is 0.357 e. The van der Waals surface area contributed by atoms with E-state index < -0.39 is 0 Å². The summed E-state index contributed by atoms with van der Waals surface area (Å²) in [6, 6.07) is 14.2. The van der Waals surface area contributed by atoms with E-state index in [4.69, 9.17) is 0 Å². The van der Waals surface area contributed by atoms with Gasteiger partial charge in [0, 0.05) is 26.2 Å². The van der Waals surface area contributed by atoms with Gasteiger partial charge in [0.1, 0.15) is 11.5 Å². The summed E-state index contributed by atoms with van der Waals surface area (Å²) < 4.78 is 0. The summed E-state index contributed by atoms with van der Waals surface area (Å²) in [5, 5.41) is 0. The Balaban J connectivity index is 1.52. The van der Waals surface area contributed by atoms with Crippen LogP contribution in [0.25, 0.3) is 0 Å². The van der Waals surface area contributed by atoms with Crippen LogP contribution in [0.1, 0.15) is 40.9 Å². The maximum absolute atomic E-state index is 12.9. The monoisotopic (exact) mass is 321 g/mol. The molecule has 2 aliphatic rings. The van der Waals surface area contributed by atoms with Crippen molar-refractivity contribution in [2.75, 3.05) is 24.5 Å². The second-order valence-corrected chi connectivity index (χ2v) is 6.67. The highest BCUT2D eigenvalue weighted by molar-refractivity contribution is 5.92. The molecule has 0 radical (unpaired) electrons. The van der Waals surface area contributed by atoms with Gasteiger partial charge < -0.3 is 9.80 Å². The highest BCUT2D eigenvalue weighted by Crippen LogP contribution is 2.22. The van der Waals surface area contributed by atoms with Gasteiger partial charge >= 0.3 is 0 Å². The molecule has 1 fully saturated rings. The highest BCUT2D eigenvalue weighted by atomic mass is 16.2. The van der Waals surface area contributed by atoms with Crippen molar-refractivity contribution in [1.29, 1.82) is 0 Å². The van der Waals surface area contributed by atoms with Crippen LogP contribution in [0, 0.1) is 0 Å². The average molecular weight is 321 g/mol. The van der Waals surface area contributed by atoms with Gasteiger partial charge in [0.15, 0.2) is 0 Å². The van der Waals surface area contributed by atoms with Crippen LogP contribution in [-0.2, 0) is 13.0 Å². The van der Waals surface area contributed by atoms with Crippen molar-refractivity contribution in [3.8, 4) is 0 Å². The van der Waals surface area contributed by atoms with Crippen LogP contribution >= 0.6 is 0 Å². The van der Waals surface area contributed by atoms with Crippen molar-refractivity contribution in [2.24, 2.45) is 0 Å². The lowest BCUT2D eigenvalue weighted by atomic mass is 10.00. The first-order chi connectivity index (χ1) is 11.8. The normalized spacial score (nSPS) is 17.5. The minimum absolute atomic E-state index is 0.0448. The Morgan fingerprint density at radius 1 is 0.875 bits per heavy atom. The summed E-state index contributed by atoms with van der Waals surface area (Å²) in [4.78, 5) is 21.8. The number of carbonyl (C=O) groups is 1. The first-order valence-electron chi connectivity index (χ1n) is 8.89. The molecule has 1 saturated heterocycles. The maximum atomic E-state index is 12.9. The molecule has 4 nitrogen and oxygen atoms in total. The predicted octanol–water partition coefficient (Wildman–Crippen LogP) is 3.27. The molecule has 24 heavy (non-hydrogen) atoms. The second-order valence-electron chi connectivity index (χ2n) is 6.67. The Morgan fingerprint density at radius 3 is 2.50 bits per heavy atom. The molecular weight excluding hydrogens is 298 g/mol. The van der Waals surface area contributed by atoms with E-state index in [1.54, 1.807) is 0 Å². The Labute approximate surface area is 143 Å². The molecule has 4 rings (SSSR count). The molecule has 1 aromatic heterocycles. The van der Waals surface area contributed by atoms with Crippen molar-refractivity contribution in [3.05, 3.63) is 59.3 Å². The van der Waals surface area contributed by atoms with Crippen LogP contribution in [-0.4, -0.2) is 35.4 Å². The van der Waals surface area contributed by atoms with Crippen LogP contribution in [0.5, 0.6) is 0 Å². The van der Waals surface area contributed by atoms with E-state index in [0.29, 0.717) is 12.2 Å². The average Bonchev–Trinajstić information content (AvgIpc) is 2.68. The molecule has 0 spiro atoms. The van der Waals surface area contributed by atoms with E-state index in [0.717, 1.165) is 31.9 Å². The number of pyridine rings is 1. The number of hydrogen-bond acceptors (Lipinski definition) is 3. The van der Waals surface area contributed by atoms with Crippen LogP contribution in [0.15, 0.2) is 42.5 Å². The van der Waals surface area contributed by atoms with Crippen molar-refractivity contribution in [1.82, 2.24) is 9.88 Å². The molecule has 0 unspecified atom stereocenters.